The zero-order valence-electron chi connectivity index (χ0n) is 11.3. The van der Waals surface area contributed by atoms with Crippen molar-refractivity contribution in [3.63, 3.8) is 0 Å². The molecule has 0 aliphatic carbocycles. The summed E-state index contributed by atoms with van der Waals surface area (Å²) in [6, 6.07) is 4.35. The highest BCUT2D eigenvalue weighted by Gasteiger charge is 2.39. The Labute approximate surface area is 131 Å². The summed E-state index contributed by atoms with van der Waals surface area (Å²) in [7, 11) is 1.61. The fourth-order valence-electron chi connectivity index (χ4n) is 2.46. The molecule has 6 heteroatoms. The van der Waals surface area contributed by atoms with Gasteiger partial charge in [-0.3, -0.25) is 4.79 Å². The lowest BCUT2D eigenvalue weighted by molar-refractivity contribution is -0.130. The van der Waals surface area contributed by atoms with Crippen LogP contribution in [0.15, 0.2) is 18.2 Å². The van der Waals surface area contributed by atoms with Crippen LogP contribution in [-0.2, 0) is 9.53 Å². The Bertz CT molecular complexity index is 485. The number of rotatable bonds is 4. The SMILES string of the molecule is COCC1(C(=O)Nc2ccc(F)cc2I)CCNCC1. The van der Waals surface area contributed by atoms with Gasteiger partial charge in [0.1, 0.15) is 5.82 Å². The summed E-state index contributed by atoms with van der Waals surface area (Å²) < 4.78 is 19.0. The minimum Gasteiger partial charge on any atom is -0.384 e. The molecule has 0 radical (unpaired) electrons. The fourth-order valence-corrected chi connectivity index (χ4v) is 3.08. The molecule has 0 atom stereocenters. The second-order valence-corrected chi connectivity index (χ2v) is 6.20. The Morgan fingerprint density at radius 3 is 2.80 bits per heavy atom. The van der Waals surface area contributed by atoms with Gasteiger partial charge in [0.2, 0.25) is 5.91 Å². The van der Waals surface area contributed by atoms with Crippen LogP contribution in [0.25, 0.3) is 0 Å². The van der Waals surface area contributed by atoms with Crippen LogP contribution in [0.5, 0.6) is 0 Å². The number of halogens is 2. The van der Waals surface area contributed by atoms with E-state index < -0.39 is 5.41 Å². The van der Waals surface area contributed by atoms with Crippen LogP contribution in [0, 0.1) is 14.8 Å². The number of hydrogen-bond donors (Lipinski definition) is 2. The molecule has 1 aromatic carbocycles. The lowest BCUT2D eigenvalue weighted by Gasteiger charge is -2.35. The van der Waals surface area contributed by atoms with Crippen LogP contribution in [0.3, 0.4) is 0 Å². The molecule has 0 unspecified atom stereocenters. The molecule has 1 heterocycles. The number of hydrogen-bond acceptors (Lipinski definition) is 3. The first-order valence-corrected chi connectivity index (χ1v) is 7.61. The number of carbonyl (C=O) groups is 1. The fraction of sp³-hybridized carbons (Fsp3) is 0.500. The van der Waals surface area contributed by atoms with Crippen molar-refractivity contribution < 1.29 is 13.9 Å². The van der Waals surface area contributed by atoms with E-state index in [0.717, 1.165) is 25.9 Å². The smallest absolute Gasteiger partial charge is 0.233 e. The van der Waals surface area contributed by atoms with E-state index in [1.165, 1.54) is 12.1 Å². The largest absolute Gasteiger partial charge is 0.384 e. The first-order chi connectivity index (χ1) is 9.57. The van der Waals surface area contributed by atoms with Gasteiger partial charge in [0.05, 0.1) is 17.7 Å². The molecule has 0 saturated carbocycles. The monoisotopic (exact) mass is 392 g/mol. The summed E-state index contributed by atoms with van der Waals surface area (Å²) in [5, 5.41) is 6.16. The predicted octanol–water partition coefficient (Wildman–Crippen LogP) is 2.39. The summed E-state index contributed by atoms with van der Waals surface area (Å²) in [4.78, 5) is 12.6. The minimum atomic E-state index is -0.503. The van der Waals surface area contributed by atoms with Crippen LogP contribution in [0.2, 0.25) is 0 Å². The Morgan fingerprint density at radius 2 is 2.20 bits per heavy atom. The maximum Gasteiger partial charge on any atom is 0.233 e. The van der Waals surface area contributed by atoms with Gasteiger partial charge >= 0.3 is 0 Å². The van der Waals surface area contributed by atoms with E-state index in [0.29, 0.717) is 15.9 Å². The summed E-state index contributed by atoms with van der Waals surface area (Å²) in [5.41, 5.74) is 0.142. The van der Waals surface area contributed by atoms with Crippen LogP contribution in [0.1, 0.15) is 12.8 Å². The standard InChI is InChI=1S/C14H18FIN2O2/c1-20-9-14(4-6-17-7-5-14)13(19)18-12-3-2-10(15)8-11(12)16/h2-3,8,17H,4-7,9H2,1H3,(H,18,19). The Kier molecular flexibility index (Phi) is 5.34. The van der Waals surface area contributed by atoms with Gasteiger partial charge in [-0.15, -0.1) is 0 Å². The number of piperidine rings is 1. The molecular formula is C14H18FIN2O2. The van der Waals surface area contributed by atoms with E-state index in [9.17, 15) is 9.18 Å². The van der Waals surface area contributed by atoms with Crippen molar-refractivity contribution >= 4 is 34.2 Å². The molecule has 0 aromatic heterocycles. The van der Waals surface area contributed by atoms with E-state index in [1.54, 1.807) is 13.2 Å². The van der Waals surface area contributed by atoms with Crippen molar-refractivity contribution in [2.24, 2.45) is 5.41 Å². The number of carbonyl (C=O) groups excluding carboxylic acids is 1. The van der Waals surface area contributed by atoms with Crippen LogP contribution < -0.4 is 10.6 Å². The predicted molar refractivity (Wildman–Crippen MR) is 84.2 cm³/mol. The van der Waals surface area contributed by atoms with E-state index in [1.807, 2.05) is 22.6 Å². The molecule has 1 aliphatic rings. The molecule has 2 rings (SSSR count). The molecule has 1 saturated heterocycles. The first-order valence-electron chi connectivity index (χ1n) is 6.53. The molecule has 20 heavy (non-hydrogen) atoms. The summed E-state index contributed by atoms with van der Waals surface area (Å²) in [5.74, 6) is -0.355. The van der Waals surface area contributed by atoms with Gasteiger partial charge in [0, 0.05) is 10.7 Å². The first kappa shape index (κ1) is 15.7. The van der Waals surface area contributed by atoms with Crippen LogP contribution >= 0.6 is 22.6 Å². The van der Waals surface area contributed by atoms with Gasteiger partial charge in [-0.1, -0.05) is 0 Å². The number of anilines is 1. The third-order valence-corrected chi connectivity index (χ3v) is 4.53. The van der Waals surface area contributed by atoms with Gasteiger partial charge in [-0.2, -0.15) is 0 Å². The highest BCUT2D eigenvalue weighted by molar-refractivity contribution is 14.1. The highest BCUT2D eigenvalue weighted by Crippen LogP contribution is 2.31. The van der Waals surface area contributed by atoms with E-state index >= 15 is 0 Å². The quantitative estimate of drug-likeness (QED) is 0.774. The maximum absolute atomic E-state index is 13.1. The van der Waals surface area contributed by atoms with Crippen molar-refractivity contribution in [3.8, 4) is 0 Å². The van der Waals surface area contributed by atoms with Crippen molar-refractivity contribution in [1.82, 2.24) is 5.32 Å². The summed E-state index contributed by atoms with van der Waals surface area (Å²) in [6.07, 6.45) is 1.48. The average Bonchev–Trinajstić information content (AvgIpc) is 2.43. The molecule has 1 fully saturated rings. The zero-order valence-corrected chi connectivity index (χ0v) is 13.5. The minimum absolute atomic E-state index is 0.0506. The van der Waals surface area contributed by atoms with Crippen LogP contribution in [-0.4, -0.2) is 32.7 Å². The third kappa shape index (κ3) is 3.48. The van der Waals surface area contributed by atoms with Crippen molar-refractivity contribution in [2.75, 3.05) is 32.1 Å². The molecule has 2 N–H and O–H groups in total. The number of nitrogens with one attached hydrogen (secondary N) is 2. The van der Waals surface area contributed by atoms with E-state index in [2.05, 4.69) is 10.6 Å². The average molecular weight is 392 g/mol. The molecule has 1 aromatic rings. The van der Waals surface area contributed by atoms with Crippen molar-refractivity contribution in [1.29, 1.82) is 0 Å². The second-order valence-electron chi connectivity index (χ2n) is 5.04. The lowest BCUT2D eigenvalue weighted by atomic mass is 9.78. The maximum atomic E-state index is 13.1. The Hall–Kier alpha value is -0.730. The Balaban J connectivity index is 2.15. The number of benzene rings is 1. The molecule has 0 bridgehead atoms. The normalized spacial score (nSPS) is 17.8. The van der Waals surface area contributed by atoms with E-state index in [4.69, 9.17) is 4.74 Å². The van der Waals surface area contributed by atoms with Gasteiger partial charge < -0.3 is 15.4 Å². The van der Waals surface area contributed by atoms with Gasteiger partial charge in [-0.25, -0.2) is 4.39 Å². The lowest BCUT2D eigenvalue weighted by Crippen LogP contribution is -2.47. The molecule has 4 nitrogen and oxygen atoms in total. The summed E-state index contributed by atoms with van der Waals surface area (Å²) >= 11 is 2.02. The molecule has 0 spiro atoms. The molecule has 1 aliphatic heterocycles. The van der Waals surface area contributed by atoms with Crippen molar-refractivity contribution in [3.05, 3.63) is 27.6 Å². The second kappa shape index (κ2) is 6.82. The third-order valence-electron chi connectivity index (χ3n) is 3.64. The topological polar surface area (TPSA) is 50.4 Å². The number of ether oxygens (including phenoxy) is 1. The molecule has 110 valence electrons. The highest BCUT2D eigenvalue weighted by atomic mass is 127. The molecular weight excluding hydrogens is 374 g/mol. The van der Waals surface area contributed by atoms with Gasteiger partial charge in [0.25, 0.3) is 0 Å². The van der Waals surface area contributed by atoms with Gasteiger partial charge in [-0.05, 0) is 66.7 Å². The van der Waals surface area contributed by atoms with Gasteiger partial charge in [0.15, 0.2) is 0 Å². The number of amides is 1. The van der Waals surface area contributed by atoms with Crippen molar-refractivity contribution in [2.45, 2.75) is 12.8 Å². The summed E-state index contributed by atoms with van der Waals surface area (Å²) in [6.45, 7) is 2.01. The number of methoxy groups -OCH3 is 1. The molecule has 1 amide bonds. The van der Waals surface area contributed by atoms with Crippen LogP contribution in [0.4, 0.5) is 10.1 Å². The zero-order chi connectivity index (χ0) is 14.6. The Morgan fingerprint density at radius 1 is 1.50 bits per heavy atom. The van der Waals surface area contributed by atoms with E-state index in [-0.39, 0.29) is 11.7 Å².